The first-order valence-electron chi connectivity index (χ1n) is 17.2. The van der Waals surface area contributed by atoms with E-state index in [2.05, 4.69) is 39.7 Å². The molecule has 3 aromatic carbocycles. The Bertz CT molecular complexity index is 1850. The van der Waals surface area contributed by atoms with Gasteiger partial charge in [0.05, 0.1) is 11.8 Å². The van der Waals surface area contributed by atoms with Gasteiger partial charge < -0.3 is 30.9 Å². The second kappa shape index (κ2) is 15.3. The van der Waals surface area contributed by atoms with Crippen molar-refractivity contribution >= 4 is 11.8 Å². The maximum absolute atomic E-state index is 14.4. The molecule has 6 rings (SSSR count). The summed E-state index contributed by atoms with van der Waals surface area (Å²) in [5.74, 6) is -0.915. The zero-order chi connectivity index (χ0) is 35.4. The van der Waals surface area contributed by atoms with Crippen LogP contribution in [0.4, 0.5) is 4.39 Å². The number of rotatable bonds is 9. The number of benzene rings is 3. The highest BCUT2D eigenvalue weighted by Crippen LogP contribution is 2.32. The Kier molecular flexibility index (Phi) is 10.6. The fraction of sp³-hybridized carbons (Fsp3) is 0.359. The predicted molar refractivity (Wildman–Crippen MR) is 189 cm³/mol. The van der Waals surface area contributed by atoms with Crippen molar-refractivity contribution in [2.45, 2.75) is 77.2 Å². The molecular formula is C39H44FN5O5. The van der Waals surface area contributed by atoms with Crippen LogP contribution in [0.1, 0.15) is 71.4 Å². The minimum Gasteiger partial charge on any atom is -0.508 e. The van der Waals surface area contributed by atoms with E-state index in [0.29, 0.717) is 50.1 Å². The number of nitrogens with zero attached hydrogens (tertiary/aromatic N) is 2. The molecule has 1 saturated carbocycles. The van der Waals surface area contributed by atoms with Crippen LogP contribution in [0.15, 0.2) is 72.9 Å². The molecule has 50 heavy (non-hydrogen) atoms. The lowest BCUT2D eigenvalue weighted by Gasteiger charge is -2.36. The van der Waals surface area contributed by atoms with Gasteiger partial charge in [0.25, 0.3) is 11.8 Å². The summed E-state index contributed by atoms with van der Waals surface area (Å²) in [4.78, 5) is 32.6. The molecule has 0 bridgehead atoms. The maximum Gasteiger partial charge on any atom is 0.257 e. The van der Waals surface area contributed by atoms with Gasteiger partial charge in [-0.2, -0.15) is 0 Å². The SMILES string of the molecule is Cc1ccc(O)c(C(=O)N[C@H]2CC[C@H](NC(=O)c3cc(F)cnc3Oc3cccc(-c4ccc(O)c(CN5C[C@@H](C)N[C@@H](C)C5)c4)c3)CC2)c1. The number of phenols is 2. The van der Waals surface area contributed by atoms with Crippen LogP contribution in [-0.4, -0.2) is 69.2 Å². The van der Waals surface area contributed by atoms with Crippen LogP contribution < -0.4 is 20.7 Å². The first kappa shape index (κ1) is 34.8. The van der Waals surface area contributed by atoms with Gasteiger partial charge in [0.15, 0.2) is 0 Å². The molecule has 5 N–H and O–H groups in total. The number of nitrogens with one attached hydrogen (secondary N) is 3. The summed E-state index contributed by atoms with van der Waals surface area (Å²) >= 11 is 0. The van der Waals surface area contributed by atoms with E-state index in [-0.39, 0.29) is 46.5 Å². The van der Waals surface area contributed by atoms with Crippen LogP contribution in [0.25, 0.3) is 11.1 Å². The summed E-state index contributed by atoms with van der Waals surface area (Å²) in [6, 6.07) is 19.3. The third kappa shape index (κ3) is 8.58. The van der Waals surface area contributed by atoms with Gasteiger partial charge in [-0.15, -0.1) is 0 Å². The number of aryl methyl sites for hydroxylation is 1. The monoisotopic (exact) mass is 681 g/mol. The maximum atomic E-state index is 14.4. The Morgan fingerprint density at radius 3 is 2.20 bits per heavy atom. The Labute approximate surface area is 291 Å². The molecule has 10 nitrogen and oxygen atoms in total. The molecule has 0 unspecified atom stereocenters. The van der Waals surface area contributed by atoms with E-state index in [0.717, 1.165) is 47.6 Å². The molecule has 2 atom stereocenters. The highest BCUT2D eigenvalue weighted by atomic mass is 19.1. The van der Waals surface area contributed by atoms with Crippen molar-refractivity contribution in [3.63, 3.8) is 0 Å². The number of hydrogen-bond donors (Lipinski definition) is 5. The lowest BCUT2D eigenvalue weighted by Crippen LogP contribution is -2.53. The number of hydrogen-bond acceptors (Lipinski definition) is 8. The summed E-state index contributed by atoms with van der Waals surface area (Å²) < 4.78 is 20.5. The lowest BCUT2D eigenvalue weighted by atomic mass is 9.90. The Hall–Kier alpha value is -5.00. The smallest absolute Gasteiger partial charge is 0.257 e. The van der Waals surface area contributed by atoms with E-state index in [9.17, 15) is 24.2 Å². The summed E-state index contributed by atoms with van der Waals surface area (Å²) in [5.41, 5.74) is 3.66. The number of amides is 2. The first-order valence-corrected chi connectivity index (χ1v) is 17.2. The predicted octanol–water partition coefficient (Wildman–Crippen LogP) is 6.05. The third-order valence-corrected chi connectivity index (χ3v) is 9.35. The number of carbonyl (C=O) groups excluding carboxylic acids is 2. The van der Waals surface area contributed by atoms with Crippen molar-refractivity contribution in [1.29, 1.82) is 0 Å². The Morgan fingerprint density at radius 2 is 1.50 bits per heavy atom. The number of pyridine rings is 1. The largest absolute Gasteiger partial charge is 0.508 e. The number of piperazine rings is 1. The van der Waals surface area contributed by atoms with Crippen LogP contribution in [0.3, 0.4) is 0 Å². The molecule has 11 heteroatoms. The lowest BCUT2D eigenvalue weighted by molar-refractivity contribution is 0.0888. The molecule has 4 aromatic rings. The second-order valence-corrected chi connectivity index (χ2v) is 13.7. The fourth-order valence-corrected chi connectivity index (χ4v) is 6.96. The van der Waals surface area contributed by atoms with E-state index in [4.69, 9.17) is 4.74 Å². The molecule has 2 aliphatic rings. The fourth-order valence-electron chi connectivity index (χ4n) is 6.96. The van der Waals surface area contributed by atoms with Crippen LogP contribution >= 0.6 is 0 Å². The van der Waals surface area contributed by atoms with Gasteiger partial charge in [-0.05, 0) is 100 Å². The topological polar surface area (TPSA) is 136 Å². The summed E-state index contributed by atoms with van der Waals surface area (Å²) in [5, 5.41) is 30.3. The average Bonchev–Trinajstić information content (AvgIpc) is 3.08. The number of phenolic OH excluding ortho intramolecular Hbond substituents is 2. The van der Waals surface area contributed by atoms with Crippen molar-refractivity contribution in [3.8, 4) is 34.3 Å². The van der Waals surface area contributed by atoms with E-state index >= 15 is 0 Å². The summed E-state index contributed by atoms with van der Waals surface area (Å²) in [7, 11) is 0. The van der Waals surface area contributed by atoms with Crippen LogP contribution in [-0.2, 0) is 6.54 Å². The van der Waals surface area contributed by atoms with Crippen LogP contribution in [0.2, 0.25) is 0 Å². The summed E-state index contributed by atoms with van der Waals surface area (Å²) in [6.45, 7) is 8.57. The van der Waals surface area contributed by atoms with Crippen molar-refractivity contribution < 1.29 is 28.9 Å². The highest BCUT2D eigenvalue weighted by Gasteiger charge is 2.27. The second-order valence-electron chi connectivity index (χ2n) is 13.7. The summed E-state index contributed by atoms with van der Waals surface area (Å²) in [6.07, 6.45) is 3.50. The molecule has 1 aliphatic heterocycles. The first-order chi connectivity index (χ1) is 24.0. The molecular weight excluding hydrogens is 637 g/mol. The van der Waals surface area contributed by atoms with Gasteiger partial charge in [0, 0.05) is 49.4 Å². The van der Waals surface area contributed by atoms with Gasteiger partial charge in [0.2, 0.25) is 5.88 Å². The van der Waals surface area contributed by atoms with Crippen molar-refractivity contribution in [1.82, 2.24) is 25.8 Å². The quantitative estimate of drug-likeness (QED) is 0.144. The Balaban J connectivity index is 1.09. The third-order valence-electron chi connectivity index (χ3n) is 9.35. The molecule has 2 heterocycles. The van der Waals surface area contributed by atoms with Gasteiger partial charge >= 0.3 is 0 Å². The molecule has 0 radical (unpaired) electrons. The van der Waals surface area contributed by atoms with E-state index in [1.54, 1.807) is 24.3 Å². The van der Waals surface area contributed by atoms with Crippen LogP contribution in [0, 0.1) is 12.7 Å². The zero-order valence-electron chi connectivity index (χ0n) is 28.6. The minimum absolute atomic E-state index is 0.0201. The van der Waals surface area contributed by atoms with Gasteiger partial charge in [0.1, 0.15) is 28.6 Å². The molecule has 1 saturated heterocycles. The zero-order valence-corrected chi connectivity index (χ0v) is 28.6. The number of aromatic hydroxyl groups is 2. The van der Waals surface area contributed by atoms with Crippen molar-refractivity contribution in [3.05, 3.63) is 101 Å². The van der Waals surface area contributed by atoms with E-state index in [1.807, 2.05) is 37.3 Å². The molecule has 0 spiro atoms. The highest BCUT2D eigenvalue weighted by molar-refractivity contribution is 5.97. The number of carbonyl (C=O) groups is 2. The molecule has 262 valence electrons. The standard InChI is InChI=1S/C39H44FN5O5/c1-23-7-13-36(47)33(15-23)37(48)43-30-9-11-31(12-10-30)44-38(49)34-18-29(40)19-41-39(34)50-32-6-4-5-26(17-32)27-8-14-35(46)28(16-27)22-45-20-24(2)42-25(3)21-45/h4-8,13-19,24-25,30-31,42,46-47H,9-12,20-22H2,1-3H3,(H,43,48)(H,44,49)/t24-,25+,30-,31-. The average molecular weight is 682 g/mol. The van der Waals surface area contributed by atoms with Gasteiger partial charge in [-0.25, -0.2) is 9.37 Å². The Morgan fingerprint density at radius 1 is 0.860 bits per heavy atom. The number of halogens is 1. The molecule has 2 fully saturated rings. The normalized spacial score (nSPS) is 21.0. The minimum atomic E-state index is -0.660. The van der Waals surface area contributed by atoms with E-state index in [1.165, 1.54) is 6.07 Å². The van der Waals surface area contributed by atoms with Crippen molar-refractivity contribution in [2.24, 2.45) is 0 Å². The molecule has 1 aromatic heterocycles. The number of ether oxygens (including phenoxy) is 1. The van der Waals surface area contributed by atoms with Gasteiger partial charge in [-0.3, -0.25) is 14.5 Å². The molecule has 1 aliphatic carbocycles. The van der Waals surface area contributed by atoms with Crippen LogP contribution in [0.5, 0.6) is 23.1 Å². The molecule has 2 amide bonds. The van der Waals surface area contributed by atoms with E-state index < -0.39 is 11.7 Å². The number of aromatic nitrogens is 1. The van der Waals surface area contributed by atoms with Crippen molar-refractivity contribution in [2.75, 3.05) is 13.1 Å². The van der Waals surface area contributed by atoms with Gasteiger partial charge in [-0.1, -0.05) is 29.8 Å².